The second-order valence-electron chi connectivity index (χ2n) is 10.6. The van der Waals surface area contributed by atoms with E-state index in [9.17, 15) is 23.2 Å². The maximum atomic E-state index is 14.8. The number of rotatable bonds is 7. The Bertz CT molecular complexity index is 1150. The van der Waals surface area contributed by atoms with Gasteiger partial charge in [-0.2, -0.15) is 0 Å². The average molecular weight is 531 g/mol. The molecule has 0 bridgehead atoms. The Morgan fingerprint density at radius 1 is 1.16 bits per heavy atom. The molecule has 2 N–H and O–H groups in total. The molecule has 8 nitrogen and oxygen atoms in total. The van der Waals surface area contributed by atoms with E-state index in [1.807, 2.05) is 37.3 Å². The predicted molar refractivity (Wildman–Crippen MR) is 139 cm³/mol. The van der Waals surface area contributed by atoms with Crippen molar-refractivity contribution in [3.8, 4) is 0 Å². The second kappa shape index (κ2) is 11.9. The van der Waals surface area contributed by atoms with Gasteiger partial charge >= 0.3 is 6.09 Å². The van der Waals surface area contributed by atoms with Gasteiger partial charge < -0.3 is 20.3 Å². The lowest BCUT2D eigenvalue weighted by molar-refractivity contribution is -0.112. The van der Waals surface area contributed by atoms with E-state index in [1.54, 1.807) is 26.8 Å². The summed E-state index contributed by atoms with van der Waals surface area (Å²) in [7, 11) is 1.48. The van der Waals surface area contributed by atoms with Crippen LogP contribution < -0.4 is 10.6 Å². The number of nitrogens with one attached hydrogen (secondary N) is 2. The molecule has 3 rings (SSSR count). The number of carbonyl (C=O) groups excluding carboxylic acids is 3. The zero-order chi connectivity index (χ0) is 28.1. The minimum atomic E-state index is -3.11. The number of benzene rings is 1. The Morgan fingerprint density at radius 3 is 2.45 bits per heavy atom. The maximum Gasteiger partial charge on any atom is 0.410 e. The maximum absolute atomic E-state index is 14.8. The van der Waals surface area contributed by atoms with Crippen LogP contribution >= 0.6 is 0 Å². The fraction of sp³-hybridized carbons (Fsp3) is 0.500. The third-order valence-electron chi connectivity index (χ3n) is 6.49. The van der Waals surface area contributed by atoms with Crippen molar-refractivity contribution in [2.24, 2.45) is 5.92 Å². The number of piperidine rings is 1. The highest BCUT2D eigenvalue weighted by molar-refractivity contribution is 5.98. The van der Waals surface area contributed by atoms with Gasteiger partial charge in [0.1, 0.15) is 11.3 Å². The molecule has 3 amide bonds. The van der Waals surface area contributed by atoms with E-state index in [0.29, 0.717) is 5.69 Å². The largest absolute Gasteiger partial charge is 0.444 e. The molecule has 1 fully saturated rings. The summed E-state index contributed by atoms with van der Waals surface area (Å²) < 4.78 is 34.9. The highest BCUT2D eigenvalue weighted by atomic mass is 19.3. The lowest BCUT2D eigenvalue weighted by Crippen LogP contribution is -2.52. The van der Waals surface area contributed by atoms with Crippen LogP contribution in [0.2, 0.25) is 0 Å². The summed E-state index contributed by atoms with van der Waals surface area (Å²) in [6, 6.07) is 12.6. The van der Waals surface area contributed by atoms with Gasteiger partial charge in [0, 0.05) is 43.2 Å². The Morgan fingerprint density at radius 2 is 1.84 bits per heavy atom. The first-order valence-electron chi connectivity index (χ1n) is 12.7. The molecular formula is C28H36F2N4O4. The monoisotopic (exact) mass is 530 g/mol. The van der Waals surface area contributed by atoms with Crippen molar-refractivity contribution >= 4 is 17.9 Å². The van der Waals surface area contributed by atoms with Crippen LogP contribution in [-0.4, -0.2) is 66.0 Å². The van der Waals surface area contributed by atoms with Crippen LogP contribution in [0.3, 0.4) is 0 Å². The number of alkyl halides is 2. The van der Waals surface area contributed by atoms with E-state index in [1.165, 1.54) is 13.1 Å². The van der Waals surface area contributed by atoms with Crippen molar-refractivity contribution in [2.75, 3.05) is 26.7 Å². The molecule has 2 aromatic rings. The van der Waals surface area contributed by atoms with Crippen molar-refractivity contribution in [3.05, 3.63) is 65.0 Å². The predicted octanol–water partition coefficient (Wildman–Crippen LogP) is 4.61. The summed E-state index contributed by atoms with van der Waals surface area (Å²) in [5.74, 6) is -5.19. The SMILES string of the molecule is CNC(=O)c1cc(C(=O)NCC[C@@H]2CCN(C(=O)OC(C)(C)C)CC2(F)F)cc([C@@H](C)c2ccccc2)n1. The first kappa shape index (κ1) is 29.0. The number of likely N-dealkylation sites (tertiary alicyclic amines) is 1. The number of ether oxygens (including phenoxy) is 1. The second-order valence-corrected chi connectivity index (χ2v) is 10.6. The molecule has 1 aromatic heterocycles. The Hall–Kier alpha value is -3.56. The summed E-state index contributed by atoms with van der Waals surface area (Å²) in [6.07, 6.45) is -0.618. The van der Waals surface area contributed by atoms with Gasteiger partial charge in [-0.1, -0.05) is 37.3 Å². The molecular weight excluding hydrogens is 494 g/mol. The van der Waals surface area contributed by atoms with Crippen LogP contribution in [0.15, 0.2) is 42.5 Å². The molecule has 2 heterocycles. The van der Waals surface area contributed by atoms with Crippen LogP contribution in [0.5, 0.6) is 0 Å². The van der Waals surface area contributed by atoms with Crippen molar-refractivity contribution in [3.63, 3.8) is 0 Å². The molecule has 38 heavy (non-hydrogen) atoms. The van der Waals surface area contributed by atoms with Crippen molar-refractivity contribution < 1.29 is 27.9 Å². The van der Waals surface area contributed by atoms with Gasteiger partial charge in [-0.15, -0.1) is 0 Å². The third-order valence-corrected chi connectivity index (χ3v) is 6.49. The highest BCUT2D eigenvalue weighted by Gasteiger charge is 2.46. The fourth-order valence-corrected chi connectivity index (χ4v) is 4.35. The summed E-state index contributed by atoms with van der Waals surface area (Å²) in [4.78, 5) is 43.0. The number of carbonyl (C=O) groups is 3. The summed E-state index contributed by atoms with van der Waals surface area (Å²) in [5.41, 5.74) is 1.07. The molecule has 1 aromatic carbocycles. The Balaban J connectivity index is 1.66. The number of pyridine rings is 1. The molecule has 1 aliphatic rings. The van der Waals surface area contributed by atoms with Crippen molar-refractivity contribution in [1.29, 1.82) is 0 Å². The van der Waals surface area contributed by atoms with Gasteiger partial charge in [-0.3, -0.25) is 9.59 Å². The van der Waals surface area contributed by atoms with E-state index in [4.69, 9.17) is 4.74 Å². The fourth-order valence-electron chi connectivity index (χ4n) is 4.35. The van der Waals surface area contributed by atoms with E-state index < -0.39 is 41.9 Å². The zero-order valence-corrected chi connectivity index (χ0v) is 22.5. The van der Waals surface area contributed by atoms with Crippen LogP contribution in [-0.2, 0) is 4.74 Å². The smallest absolute Gasteiger partial charge is 0.410 e. The summed E-state index contributed by atoms with van der Waals surface area (Å²) in [5, 5.41) is 5.22. The number of hydrogen-bond acceptors (Lipinski definition) is 5. The minimum absolute atomic E-state index is 0.0206. The van der Waals surface area contributed by atoms with Crippen molar-refractivity contribution in [2.45, 2.75) is 58.0 Å². The van der Waals surface area contributed by atoms with Gasteiger partial charge in [0.25, 0.3) is 17.7 Å². The molecule has 2 atom stereocenters. The lowest BCUT2D eigenvalue weighted by Gasteiger charge is -2.38. The van der Waals surface area contributed by atoms with Crippen LogP contribution in [0, 0.1) is 5.92 Å². The zero-order valence-electron chi connectivity index (χ0n) is 22.5. The molecule has 0 saturated carbocycles. The Labute approximate surface area is 222 Å². The quantitative estimate of drug-likeness (QED) is 0.545. The molecule has 0 spiro atoms. The van der Waals surface area contributed by atoms with E-state index in [2.05, 4.69) is 15.6 Å². The van der Waals surface area contributed by atoms with Gasteiger partial charge in [0.2, 0.25) is 0 Å². The molecule has 1 saturated heterocycles. The van der Waals surface area contributed by atoms with Gasteiger partial charge in [-0.25, -0.2) is 18.6 Å². The topological polar surface area (TPSA) is 101 Å². The molecule has 0 radical (unpaired) electrons. The van der Waals surface area contributed by atoms with E-state index in [0.717, 1.165) is 10.5 Å². The first-order chi connectivity index (χ1) is 17.8. The highest BCUT2D eigenvalue weighted by Crippen LogP contribution is 2.35. The molecule has 0 aliphatic carbocycles. The minimum Gasteiger partial charge on any atom is -0.444 e. The lowest BCUT2D eigenvalue weighted by atomic mass is 9.90. The van der Waals surface area contributed by atoms with Gasteiger partial charge in [0.15, 0.2) is 0 Å². The van der Waals surface area contributed by atoms with E-state index >= 15 is 0 Å². The standard InChI is InChI=1S/C28H36F2N4O4/c1-18(19-9-7-6-8-10-19)22-15-20(16-23(33-22)25(36)31-5)24(35)32-13-11-21-12-14-34(17-28(21,29)30)26(37)38-27(2,3)4/h6-10,15-16,18,21H,11-14,17H2,1-5H3,(H,31,36)(H,32,35)/t18-,21+/m0/s1. The average Bonchev–Trinajstić information content (AvgIpc) is 2.87. The Kier molecular flexibility index (Phi) is 9.06. The number of aromatic nitrogens is 1. The molecule has 1 aliphatic heterocycles. The van der Waals surface area contributed by atoms with Gasteiger partial charge in [0.05, 0.1) is 6.54 Å². The summed E-state index contributed by atoms with van der Waals surface area (Å²) >= 11 is 0. The van der Waals surface area contributed by atoms with Crippen LogP contribution in [0.1, 0.15) is 78.6 Å². The number of nitrogens with zero attached hydrogens (tertiary/aromatic N) is 2. The molecule has 206 valence electrons. The molecule has 10 heteroatoms. The normalized spacial score (nSPS) is 17.9. The number of amides is 3. The first-order valence-corrected chi connectivity index (χ1v) is 12.7. The van der Waals surface area contributed by atoms with Gasteiger partial charge in [-0.05, 0) is 51.3 Å². The van der Waals surface area contributed by atoms with Crippen LogP contribution in [0.25, 0.3) is 0 Å². The third kappa shape index (κ3) is 7.49. The molecule has 0 unspecified atom stereocenters. The summed E-state index contributed by atoms with van der Waals surface area (Å²) in [6.45, 7) is 6.44. The van der Waals surface area contributed by atoms with Crippen LogP contribution in [0.4, 0.5) is 13.6 Å². The van der Waals surface area contributed by atoms with E-state index in [-0.39, 0.29) is 43.1 Å². The number of halogens is 2. The van der Waals surface area contributed by atoms with Crippen molar-refractivity contribution in [1.82, 2.24) is 20.5 Å². The number of hydrogen-bond donors (Lipinski definition) is 2.